The fourth-order valence-electron chi connectivity index (χ4n) is 1.26. The van der Waals surface area contributed by atoms with Gasteiger partial charge < -0.3 is 19.9 Å². The summed E-state index contributed by atoms with van der Waals surface area (Å²) in [5.41, 5.74) is 0. The number of carbonyl (C=O) groups is 1. The first-order valence-electron chi connectivity index (χ1n) is 5.75. The monoisotopic (exact) mass is 233 g/mol. The van der Waals surface area contributed by atoms with Gasteiger partial charge in [-0.15, -0.1) is 0 Å². The number of hydrogen-bond donors (Lipinski definition) is 2. The Morgan fingerprint density at radius 2 is 2.06 bits per heavy atom. The van der Waals surface area contributed by atoms with Crippen molar-refractivity contribution in [1.82, 2.24) is 5.32 Å². The summed E-state index contributed by atoms with van der Waals surface area (Å²) in [5, 5.41) is 11.8. The number of hydrogen-bond acceptors (Lipinski definition) is 4. The van der Waals surface area contributed by atoms with Crippen molar-refractivity contribution in [3.8, 4) is 0 Å². The van der Waals surface area contributed by atoms with Crippen molar-refractivity contribution in [2.45, 2.75) is 32.2 Å². The van der Waals surface area contributed by atoms with Crippen LogP contribution >= 0.6 is 0 Å². The van der Waals surface area contributed by atoms with Gasteiger partial charge in [0.15, 0.2) is 0 Å². The third-order valence-electron chi connectivity index (χ3n) is 2.24. The average molecular weight is 233 g/mol. The number of carboxylic acid groups (broad SMARTS) is 1. The van der Waals surface area contributed by atoms with Crippen LogP contribution in [0.4, 0.5) is 0 Å². The Morgan fingerprint density at radius 3 is 2.62 bits per heavy atom. The van der Waals surface area contributed by atoms with Crippen LogP contribution in [-0.4, -0.2) is 50.6 Å². The molecular weight excluding hydrogens is 210 g/mol. The quantitative estimate of drug-likeness (QED) is 0.519. The summed E-state index contributed by atoms with van der Waals surface area (Å²) in [6.45, 7) is 4.53. The Hall–Kier alpha value is -0.650. The van der Waals surface area contributed by atoms with E-state index < -0.39 is 12.0 Å². The third kappa shape index (κ3) is 8.64. The number of aliphatic carboxylic acids is 1. The Morgan fingerprint density at radius 1 is 1.31 bits per heavy atom. The fraction of sp³-hybridized carbons (Fsp3) is 0.909. The minimum Gasteiger partial charge on any atom is -0.480 e. The highest BCUT2D eigenvalue weighted by Gasteiger charge is 2.12. The van der Waals surface area contributed by atoms with Gasteiger partial charge in [0.25, 0.3) is 0 Å². The minimum atomic E-state index is -0.779. The summed E-state index contributed by atoms with van der Waals surface area (Å²) >= 11 is 0. The number of rotatable bonds is 11. The second-order valence-electron chi connectivity index (χ2n) is 3.57. The Kier molecular flexibility index (Phi) is 10.4. The fourth-order valence-corrected chi connectivity index (χ4v) is 1.26. The molecule has 0 bridgehead atoms. The molecule has 0 aromatic carbocycles. The average Bonchev–Trinajstić information content (AvgIpc) is 2.26. The predicted molar refractivity (Wildman–Crippen MR) is 61.6 cm³/mol. The van der Waals surface area contributed by atoms with Crippen molar-refractivity contribution in [3.63, 3.8) is 0 Å². The molecule has 0 aromatic heterocycles. The van der Waals surface area contributed by atoms with Crippen molar-refractivity contribution in [2.24, 2.45) is 0 Å². The van der Waals surface area contributed by atoms with Gasteiger partial charge >= 0.3 is 5.97 Å². The van der Waals surface area contributed by atoms with Gasteiger partial charge in [0.1, 0.15) is 6.04 Å². The van der Waals surface area contributed by atoms with Crippen LogP contribution in [0.2, 0.25) is 0 Å². The second kappa shape index (κ2) is 10.9. The van der Waals surface area contributed by atoms with E-state index in [2.05, 4.69) is 5.32 Å². The van der Waals surface area contributed by atoms with Crippen LogP contribution < -0.4 is 5.32 Å². The molecule has 0 fully saturated rings. The Balaban J connectivity index is 3.22. The molecule has 0 saturated heterocycles. The standard InChI is InChI=1S/C11H23NO4/c1-3-10(11(13)14)12-6-4-5-7-16-9-8-15-2/h10,12H,3-9H2,1-2H3,(H,13,14). The van der Waals surface area contributed by atoms with E-state index in [0.29, 0.717) is 26.2 Å². The molecule has 0 radical (unpaired) electrons. The minimum absolute atomic E-state index is 0.422. The molecule has 5 nitrogen and oxygen atoms in total. The summed E-state index contributed by atoms with van der Waals surface area (Å²) in [5.74, 6) is -0.779. The summed E-state index contributed by atoms with van der Waals surface area (Å²) in [4.78, 5) is 10.7. The summed E-state index contributed by atoms with van der Waals surface area (Å²) in [6, 6.07) is -0.422. The van der Waals surface area contributed by atoms with E-state index in [0.717, 1.165) is 19.4 Å². The first-order chi connectivity index (χ1) is 7.72. The predicted octanol–water partition coefficient (Wildman–Crippen LogP) is 0.882. The highest BCUT2D eigenvalue weighted by molar-refractivity contribution is 5.73. The molecule has 96 valence electrons. The SMILES string of the molecule is CCC(NCCCCOCCOC)C(=O)O. The van der Waals surface area contributed by atoms with Crippen molar-refractivity contribution in [3.05, 3.63) is 0 Å². The zero-order chi connectivity index (χ0) is 12.2. The van der Waals surface area contributed by atoms with Crippen LogP contribution in [0, 0.1) is 0 Å². The molecule has 0 amide bonds. The van der Waals surface area contributed by atoms with E-state index in [-0.39, 0.29) is 0 Å². The Bertz CT molecular complexity index is 175. The number of unbranched alkanes of at least 4 members (excludes halogenated alkanes) is 1. The Labute approximate surface area is 97.1 Å². The van der Waals surface area contributed by atoms with E-state index >= 15 is 0 Å². The molecule has 16 heavy (non-hydrogen) atoms. The lowest BCUT2D eigenvalue weighted by Crippen LogP contribution is -2.36. The maximum atomic E-state index is 10.7. The zero-order valence-electron chi connectivity index (χ0n) is 10.2. The largest absolute Gasteiger partial charge is 0.480 e. The topological polar surface area (TPSA) is 67.8 Å². The van der Waals surface area contributed by atoms with E-state index in [1.54, 1.807) is 7.11 Å². The maximum Gasteiger partial charge on any atom is 0.320 e. The molecular formula is C11H23NO4. The van der Waals surface area contributed by atoms with Crippen molar-refractivity contribution >= 4 is 5.97 Å². The zero-order valence-corrected chi connectivity index (χ0v) is 10.2. The lowest BCUT2D eigenvalue weighted by molar-refractivity contribution is -0.139. The third-order valence-corrected chi connectivity index (χ3v) is 2.24. The molecule has 0 aliphatic heterocycles. The normalized spacial score (nSPS) is 12.6. The summed E-state index contributed by atoms with van der Waals surface area (Å²) < 4.78 is 10.1. The van der Waals surface area contributed by atoms with Crippen LogP contribution in [-0.2, 0) is 14.3 Å². The van der Waals surface area contributed by atoms with Crippen molar-refractivity contribution < 1.29 is 19.4 Å². The van der Waals surface area contributed by atoms with Crippen LogP contribution in [0.25, 0.3) is 0 Å². The van der Waals surface area contributed by atoms with Gasteiger partial charge in [-0.2, -0.15) is 0 Å². The highest BCUT2D eigenvalue weighted by Crippen LogP contribution is 1.93. The van der Waals surface area contributed by atoms with Gasteiger partial charge in [0.05, 0.1) is 13.2 Å². The van der Waals surface area contributed by atoms with E-state index in [1.165, 1.54) is 0 Å². The van der Waals surface area contributed by atoms with Gasteiger partial charge in [-0.25, -0.2) is 0 Å². The molecule has 1 unspecified atom stereocenters. The van der Waals surface area contributed by atoms with Crippen LogP contribution in [0.3, 0.4) is 0 Å². The molecule has 2 N–H and O–H groups in total. The van der Waals surface area contributed by atoms with Crippen LogP contribution in [0.1, 0.15) is 26.2 Å². The lowest BCUT2D eigenvalue weighted by Gasteiger charge is -2.11. The van der Waals surface area contributed by atoms with Gasteiger partial charge in [0.2, 0.25) is 0 Å². The van der Waals surface area contributed by atoms with Gasteiger partial charge in [-0.1, -0.05) is 6.92 Å². The molecule has 0 heterocycles. The van der Waals surface area contributed by atoms with E-state index in [1.807, 2.05) is 6.92 Å². The van der Waals surface area contributed by atoms with Crippen molar-refractivity contribution in [2.75, 3.05) is 33.5 Å². The van der Waals surface area contributed by atoms with E-state index in [9.17, 15) is 4.79 Å². The number of carboxylic acids is 1. The summed E-state index contributed by atoms with van der Waals surface area (Å²) in [6.07, 6.45) is 2.48. The lowest BCUT2D eigenvalue weighted by atomic mass is 10.2. The second-order valence-corrected chi connectivity index (χ2v) is 3.57. The molecule has 0 rings (SSSR count). The number of methoxy groups -OCH3 is 1. The van der Waals surface area contributed by atoms with Crippen molar-refractivity contribution in [1.29, 1.82) is 0 Å². The molecule has 0 spiro atoms. The van der Waals surface area contributed by atoms with Crippen LogP contribution in [0.5, 0.6) is 0 Å². The van der Waals surface area contributed by atoms with Crippen LogP contribution in [0.15, 0.2) is 0 Å². The highest BCUT2D eigenvalue weighted by atomic mass is 16.5. The van der Waals surface area contributed by atoms with Gasteiger partial charge in [-0.3, -0.25) is 4.79 Å². The smallest absolute Gasteiger partial charge is 0.320 e. The van der Waals surface area contributed by atoms with Gasteiger partial charge in [-0.05, 0) is 25.8 Å². The molecule has 0 aliphatic carbocycles. The number of ether oxygens (including phenoxy) is 2. The summed E-state index contributed by atoms with van der Waals surface area (Å²) in [7, 11) is 1.64. The first kappa shape index (κ1) is 15.3. The molecule has 0 saturated carbocycles. The molecule has 0 aromatic rings. The molecule has 1 atom stereocenters. The van der Waals surface area contributed by atoms with Gasteiger partial charge in [0, 0.05) is 13.7 Å². The molecule has 0 aliphatic rings. The number of nitrogens with one attached hydrogen (secondary N) is 1. The molecule has 5 heteroatoms. The maximum absolute atomic E-state index is 10.7. The van der Waals surface area contributed by atoms with E-state index in [4.69, 9.17) is 14.6 Å². The first-order valence-corrected chi connectivity index (χ1v) is 5.75.